The molecule has 3 atom stereocenters. The van der Waals surface area contributed by atoms with Crippen LogP contribution in [0.5, 0.6) is 0 Å². The number of hydrogen-bond acceptors (Lipinski definition) is 4. The third-order valence-electron chi connectivity index (χ3n) is 7.30. The van der Waals surface area contributed by atoms with E-state index in [1.165, 1.54) is 5.39 Å². The molecule has 0 radical (unpaired) electrons. The predicted octanol–water partition coefficient (Wildman–Crippen LogP) is 3.26. The molecule has 33 heavy (non-hydrogen) atoms. The number of rotatable bonds is 6. The molecule has 0 spiro atoms. The summed E-state index contributed by atoms with van der Waals surface area (Å²) in [5.41, 5.74) is 3.13. The Morgan fingerprint density at radius 1 is 1.12 bits per heavy atom. The molecular weight excluding hydrogens is 436 g/mol. The van der Waals surface area contributed by atoms with Crippen LogP contribution in [0.25, 0.3) is 21.8 Å². The number of likely N-dealkylation sites (tertiary alicyclic amines) is 1. The van der Waals surface area contributed by atoms with Crippen LogP contribution in [0, 0.1) is 11.8 Å². The number of H-pyrrole nitrogens is 1. The predicted molar refractivity (Wildman–Crippen MR) is 129 cm³/mol. The monoisotopic (exact) mass is 464 g/mol. The zero-order valence-corrected chi connectivity index (χ0v) is 19.4. The van der Waals surface area contributed by atoms with E-state index in [2.05, 4.69) is 37.5 Å². The largest absolute Gasteiger partial charge is 0.381 e. The van der Waals surface area contributed by atoms with E-state index in [0.29, 0.717) is 18.4 Å². The standard InChI is InChI=1S/C25H28N4O3S/c1-28-14-22(21-4-2-3-5-24(21)28)25(29-12-18-15-32-16-19(18)13-29)11-27-33(30,31)20-7-6-17-8-9-26-23(17)10-20/h2-10,14,18-19,25-27H,11-13,15-16H2,1H3. The third kappa shape index (κ3) is 3.67. The second-order valence-electron chi connectivity index (χ2n) is 9.32. The number of ether oxygens (including phenoxy) is 1. The SMILES string of the molecule is Cn1cc(C(CNS(=O)(=O)c2ccc3cc[nH]c3c2)N2CC3COCC3C2)c2ccccc21. The van der Waals surface area contributed by atoms with Gasteiger partial charge in [-0.2, -0.15) is 0 Å². The second kappa shape index (κ2) is 7.99. The number of aromatic nitrogens is 2. The topological polar surface area (TPSA) is 79.4 Å². The van der Waals surface area contributed by atoms with Gasteiger partial charge in [0.25, 0.3) is 0 Å². The second-order valence-corrected chi connectivity index (χ2v) is 11.1. The van der Waals surface area contributed by atoms with Crippen LogP contribution in [-0.4, -0.2) is 55.7 Å². The summed E-state index contributed by atoms with van der Waals surface area (Å²) in [6, 6.07) is 15.4. The lowest BCUT2D eigenvalue weighted by Gasteiger charge is -2.29. The van der Waals surface area contributed by atoms with Crippen molar-refractivity contribution in [1.29, 1.82) is 0 Å². The number of fused-ring (bicyclic) bond motifs is 3. The summed E-state index contributed by atoms with van der Waals surface area (Å²) in [6.07, 6.45) is 3.97. The molecule has 2 aliphatic rings. The van der Waals surface area contributed by atoms with E-state index in [-0.39, 0.29) is 10.9 Å². The number of benzene rings is 2. The number of aromatic amines is 1. The smallest absolute Gasteiger partial charge is 0.240 e. The van der Waals surface area contributed by atoms with Crippen LogP contribution in [0.15, 0.2) is 65.8 Å². The fourth-order valence-corrected chi connectivity index (χ4v) is 6.58. The molecular formula is C25H28N4O3S. The fraction of sp³-hybridized carbons (Fsp3) is 0.360. The molecule has 2 aromatic carbocycles. The van der Waals surface area contributed by atoms with Gasteiger partial charge in [-0.15, -0.1) is 0 Å². The van der Waals surface area contributed by atoms with Crippen molar-refractivity contribution in [1.82, 2.24) is 19.2 Å². The summed E-state index contributed by atoms with van der Waals surface area (Å²) in [6.45, 7) is 3.76. The fourth-order valence-electron chi connectivity index (χ4n) is 5.52. The van der Waals surface area contributed by atoms with Crippen LogP contribution in [0.3, 0.4) is 0 Å². The maximum absolute atomic E-state index is 13.2. The lowest BCUT2D eigenvalue weighted by molar-refractivity contribution is 0.139. The Morgan fingerprint density at radius 2 is 1.91 bits per heavy atom. The molecule has 6 rings (SSSR count). The summed E-state index contributed by atoms with van der Waals surface area (Å²) in [4.78, 5) is 5.82. The van der Waals surface area contributed by atoms with E-state index in [0.717, 1.165) is 48.3 Å². The van der Waals surface area contributed by atoms with Gasteiger partial charge in [-0.3, -0.25) is 4.90 Å². The molecule has 0 amide bonds. The Balaban J connectivity index is 1.33. The van der Waals surface area contributed by atoms with Crippen molar-refractivity contribution in [2.24, 2.45) is 18.9 Å². The van der Waals surface area contributed by atoms with Crippen LogP contribution in [0.1, 0.15) is 11.6 Å². The van der Waals surface area contributed by atoms with Crippen LogP contribution < -0.4 is 4.72 Å². The highest BCUT2D eigenvalue weighted by molar-refractivity contribution is 7.89. The van der Waals surface area contributed by atoms with Gasteiger partial charge in [0, 0.05) is 67.3 Å². The lowest BCUT2D eigenvalue weighted by atomic mass is 10.0. The molecule has 2 N–H and O–H groups in total. The molecule has 7 nitrogen and oxygen atoms in total. The van der Waals surface area contributed by atoms with E-state index in [9.17, 15) is 8.42 Å². The van der Waals surface area contributed by atoms with Crippen LogP contribution >= 0.6 is 0 Å². The highest BCUT2D eigenvalue weighted by Gasteiger charge is 2.40. The molecule has 0 saturated carbocycles. The zero-order chi connectivity index (χ0) is 22.6. The van der Waals surface area contributed by atoms with E-state index in [4.69, 9.17) is 4.74 Å². The third-order valence-corrected chi connectivity index (χ3v) is 8.72. The van der Waals surface area contributed by atoms with Crippen molar-refractivity contribution >= 4 is 31.8 Å². The number of sulfonamides is 1. The maximum atomic E-state index is 13.2. The average molecular weight is 465 g/mol. The first-order valence-corrected chi connectivity index (χ1v) is 12.9. The minimum absolute atomic E-state index is 0.0503. The van der Waals surface area contributed by atoms with Crippen molar-refractivity contribution in [3.63, 3.8) is 0 Å². The molecule has 0 bridgehead atoms. The summed E-state index contributed by atoms with van der Waals surface area (Å²) >= 11 is 0. The van der Waals surface area contributed by atoms with Gasteiger partial charge in [-0.25, -0.2) is 13.1 Å². The quantitative estimate of drug-likeness (QED) is 0.459. The maximum Gasteiger partial charge on any atom is 0.240 e. The van der Waals surface area contributed by atoms with Gasteiger partial charge in [-0.05, 0) is 35.2 Å². The number of hydrogen-bond donors (Lipinski definition) is 2. The highest BCUT2D eigenvalue weighted by Crippen LogP contribution is 2.37. The lowest BCUT2D eigenvalue weighted by Crippen LogP contribution is -2.37. The van der Waals surface area contributed by atoms with Crippen LogP contribution in [0.2, 0.25) is 0 Å². The minimum Gasteiger partial charge on any atom is -0.381 e. The molecule has 8 heteroatoms. The van der Waals surface area contributed by atoms with Crippen molar-refractivity contribution in [3.05, 3.63) is 66.5 Å². The first-order chi connectivity index (χ1) is 16.0. The van der Waals surface area contributed by atoms with Gasteiger partial charge < -0.3 is 14.3 Å². The van der Waals surface area contributed by atoms with Gasteiger partial charge in [0.2, 0.25) is 10.0 Å². The first-order valence-electron chi connectivity index (χ1n) is 11.4. The molecule has 4 heterocycles. The Kier molecular flexibility index (Phi) is 5.06. The van der Waals surface area contributed by atoms with Crippen molar-refractivity contribution in [3.8, 4) is 0 Å². The Hall–Kier alpha value is -2.65. The Morgan fingerprint density at radius 3 is 2.73 bits per heavy atom. The van der Waals surface area contributed by atoms with Gasteiger partial charge in [-0.1, -0.05) is 24.3 Å². The number of nitrogens with one attached hydrogen (secondary N) is 2. The summed E-state index contributed by atoms with van der Waals surface area (Å²) < 4.78 is 37.2. The van der Waals surface area contributed by atoms with Crippen molar-refractivity contribution in [2.45, 2.75) is 10.9 Å². The molecule has 2 aliphatic heterocycles. The Bertz CT molecular complexity index is 1410. The minimum atomic E-state index is -3.66. The molecule has 2 aromatic heterocycles. The number of aryl methyl sites for hydroxylation is 1. The number of para-hydroxylation sites is 1. The van der Waals surface area contributed by atoms with Crippen molar-refractivity contribution < 1.29 is 13.2 Å². The van der Waals surface area contributed by atoms with E-state index in [1.54, 1.807) is 12.1 Å². The van der Waals surface area contributed by atoms with Crippen molar-refractivity contribution in [2.75, 3.05) is 32.8 Å². The summed E-state index contributed by atoms with van der Waals surface area (Å²) in [5.74, 6) is 1.05. The first kappa shape index (κ1) is 20.9. The molecule has 2 fully saturated rings. The molecule has 172 valence electrons. The van der Waals surface area contributed by atoms with Gasteiger partial charge >= 0.3 is 0 Å². The van der Waals surface area contributed by atoms with E-state index < -0.39 is 10.0 Å². The highest BCUT2D eigenvalue weighted by atomic mass is 32.2. The van der Waals surface area contributed by atoms with Gasteiger partial charge in [0.05, 0.1) is 24.2 Å². The molecule has 2 saturated heterocycles. The van der Waals surface area contributed by atoms with Crippen LogP contribution in [0.4, 0.5) is 0 Å². The van der Waals surface area contributed by atoms with Crippen LogP contribution in [-0.2, 0) is 21.8 Å². The molecule has 4 aromatic rings. The van der Waals surface area contributed by atoms with Gasteiger partial charge in [0.15, 0.2) is 0 Å². The summed E-state index contributed by atoms with van der Waals surface area (Å²) in [7, 11) is -1.61. The summed E-state index contributed by atoms with van der Waals surface area (Å²) in [5, 5.41) is 2.17. The average Bonchev–Trinajstić information content (AvgIpc) is 3.58. The Labute approximate surface area is 193 Å². The molecule has 3 unspecified atom stereocenters. The van der Waals surface area contributed by atoms with E-state index >= 15 is 0 Å². The normalized spacial score (nSPS) is 22.3. The number of nitrogens with zero attached hydrogens (tertiary/aromatic N) is 2. The van der Waals surface area contributed by atoms with Gasteiger partial charge in [0.1, 0.15) is 0 Å². The zero-order valence-electron chi connectivity index (χ0n) is 18.6. The van der Waals surface area contributed by atoms with E-state index in [1.807, 2.05) is 37.5 Å². The molecule has 0 aliphatic carbocycles.